The van der Waals surface area contributed by atoms with Crippen molar-refractivity contribution in [3.05, 3.63) is 76.9 Å². The number of fused-ring (bicyclic) bond motifs is 1. The highest BCUT2D eigenvalue weighted by molar-refractivity contribution is 6.26. The number of ether oxygens (including phenoxy) is 1. The molecule has 2 aromatic carbocycles. The quantitative estimate of drug-likeness (QED) is 0.393. The van der Waals surface area contributed by atoms with Gasteiger partial charge in [-0.1, -0.05) is 29.8 Å². The summed E-state index contributed by atoms with van der Waals surface area (Å²) in [7, 11) is 0. The first-order chi connectivity index (χ1) is 14.3. The van der Waals surface area contributed by atoms with Gasteiger partial charge in [-0.2, -0.15) is 0 Å². The van der Waals surface area contributed by atoms with Gasteiger partial charge in [-0.3, -0.25) is 14.4 Å². The maximum Gasteiger partial charge on any atom is 0.298 e. The van der Waals surface area contributed by atoms with Crippen molar-refractivity contribution in [1.82, 2.24) is 0 Å². The van der Waals surface area contributed by atoms with Crippen LogP contribution in [0.5, 0.6) is 17.2 Å². The first kappa shape index (κ1) is 22.6. The minimum absolute atomic E-state index is 0.0779. The van der Waals surface area contributed by atoms with Crippen LogP contribution in [0.25, 0.3) is 0 Å². The van der Waals surface area contributed by atoms with Crippen molar-refractivity contribution in [3.8, 4) is 17.2 Å². The number of Topliss-reactive ketones (excluding diaryl/α,β-unsaturated/α-hetero) is 1. The number of carbonyl (C=O) groups is 3. The van der Waals surface area contributed by atoms with Gasteiger partial charge in [0.05, 0.1) is 17.2 Å². The van der Waals surface area contributed by atoms with E-state index in [0.29, 0.717) is 12.2 Å². The summed E-state index contributed by atoms with van der Waals surface area (Å²) in [5, 5.41) is 29.5. The Morgan fingerprint density at radius 3 is 2.17 bits per heavy atom. The molecule has 7 nitrogen and oxygen atoms in total. The van der Waals surface area contributed by atoms with Crippen LogP contribution in [-0.4, -0.2) is 39.5 Å². The summed E-state index contributed by atoms with van der Waals surface area (Å²) >= 11 is 0. The Hall–Kier alpha value is -3.71. The van der Waals surface area contributed by atoms with Crippen LogP contribution in [0.3, 0.4) is 0 Å². The van der Waals surface area contributed by atoms with Crippen molar-refractivity contribution in [2.24, 2.45) is 0 Å². The van der Waals surface area contributed by atoms with Gasteiger partial charge in [0.25, 0.3) is 6.47 Å². The average molecular weight is 410 g/mol. The van der Waals surface area contributed by atoms with Crippen molar-refractivity contribution in [3.63, 3.8) is 0 Å². The highest BCUT2D eigenvalue weighted by atomic mass is 16.5. The number of ketones is 2. The highest BCUT2D eigenvalue weighted by Crippen LogP contribution is 2.35. The molecule has 1 atom stereocenters. The van der Waals surface area contributed by atoms with E-state index >= 15 is 0 Å². The third-order valence-electron chi connectivity index (χ3n) is 4.22. The van der Waals surface area contributed by atoms with E-state index in [1.54, 1.807) is 30.3 Å². The number of allylic oxidation sites excluding steroid dienone is 2. The molecule has 2 aromatic rings. The first-order valence-electron chi connectivity index (χ1n) is 9.08. The molecule has 0 amide bonds. The summed E-state index contributed by atoms with van der Waals surface area (Å²) in [4.78, 5) is 34.1. The Bertz CT molecular complexity index is 1000. The van der Waals surface area contributed by atoms with Gasteiger partial charge in [0.15, 0.2) is 11.6 Å². The lowest BCUT2D eigenvalue weighted by Gasteiger charge is -2.20. The molecule has 0 bridgehead atoms. The lowest BCUT2D eigenvalue weighted by atomic mass is 9.85. The predicted molar refractivity (Wildman–Crippen MR) is 110 cm³/mol. The fraction of sp³-hybridized carbons (Fsp3) is 0.174. The maximum atomic E-state index is 12.3. The third-order valence-corrected chi connectivity index (χ3v) is 4.22. The van der Waals surface area contributed by atoms with Gasteiger partial charge >= 0.3 is 0 Å². The number of phenols is 2. The molecule has 0 radical (unpaired) electrons. The van der Waals surface area contributed by atoms with E-state index in [4.69, 9.17) is 0 Å². The molecular weight excluding hydrogens is 388 g/mol. The number of para-hydroxylation sites is 1. The van der Waals surface area contributed by atoms with Crippen LogP contribution in [0.2, 0.25) is 0 Å². The Morgan fingerprint density at radius 1 is 1.00 bits per heavy atom. The molecule has 0 aromatic heterocycles. The number of hydrogen-bond donors (Lipinski definition) is 3. The predicted octanol–water partition coefficient (Wildman–Crippen LogP) is 3.34. The number of hydrogen-bond acceptors (Lipinski definition) is 7. The minimum atomic E-state index is -1.13. The molecule has 30 heavy (non-hydrogen) atoms. The lowest BCUT2D eigenvalue weighted by Crippen LogP contribution is -2.25. The zero-order chi connectivity index (χ0) is 22.3. The summed E-state index contributed by atoms with van der Waals surface area (Å²) < 4.78 is 4.53. The van der Waals surface area contributed by atoms with Gasteiger partial charge in [-0.25, -0.2) is 0 Å². The Morgan fingerprint density at radius 2 is 1.60 bits per heavy atom. The Balaban J connectivity index is 0.000000297. The zero-order valence-electron chi connectivity index (χ0n) is 16.5. The van der Waals surface area contributed by atoms with Crippen LogP contribution in [0.15, 0.2) is 65.8 Å². The van der Waals surface area contributed by atoms with Crippen molar-refractivity contribution < 1.29 is 34.4 Å². The first-order valence-corrected chi connectivity index (χ1v) is 9.08. The molecule has 0 aliphatic heterocycles. The zero-order valence-corrected chi connectivity index (χ0v) is 16.5. The molecular formula is C23H22O7. The molecule has 1 aliphatic rings. The monoisotopic (exact) mass is 410 g/mol. The fourth-order valence-electron chi connectivity index (χ4n) is 2.76. The number of aliphatic hydroxyl groups is 1. The van der Waals surface area contributed by atoms with Crippen LogP contribution in [0.1, 0.15) is 41.0 Å². The largest absolute Gasteiger partial charge is 0.507 e. The maximum absolute atomic E-state index is 12.3. The Kier molecular flexibility index (Phi) is 7.66. The number of benzene rings is 2. The second-order valence-corrected chi connectivity index (χ2v) is 6.71. The van der Waals surface area contributed by atoms with Gasteiger partial charge in [0, 0.05) is 5.57 Å². The molecule has 0 saturated heterocycles. The van der Waals surface area contributed by atoms with Crippen LogP contribution in [0, 0.1) is 0 Å². The van der Waals surface area contributed by atoms with Crippen LogP contribution in [0.4, 0.5) is 0 Å². The van der Waals surface area contributed by atoms with E-state index < -0.39 is 17.7 Å². The minimum Gasteiger partial charge on any atom is -0.507 e. The number of carbonyl (C=O) groups excluding carboxylic acids is 3. The average Bonchev–Trinajstić information content (AvgIpc) is 2.72. The van der Waals surface area contributed by atoms with E-state index in [9.17, 15) is 29.7 Å². The van der Waals surface area contributed by atoms with E-state index in [-0.39, 0.29) is 34.6 Å². The number of aliphatic hydroxyl groups excluding tert-OH is 1. The SMILES string of the molecule is CC(C)=CC[C@@H](O)C1=CC(=O)c2c(O)ccc(O)c2C1=O.O=COc1ccccc1. The standard InChI is InChI=1S/C16H16O5.C7H6O2/c1-8(2)3-4-10(17)9-7-13(20)14-11(18)5-6-12(19)15(14)16(9)21;8-6-9-7-4-2-1-3-5-7/h3,5-7,10,17-19H,4H2,1-2H3;1-6H/t10-;/m1./s1. The fourth-order valence-corrected chi connectivity index (χ4v) is 2.76. The molecule has 1 aliphatic carbocycles. The lowest BCUT2D eigenvalue weighted by molar-refractivity contribution is -0.120. The summed E-state index contributed by atoms with van der Waals surface area (Å²) in [6.07, 6.45) is 1.84. The van der Waals surface area contributed by atoms with Gasteiger partial charge < -0.3 is 20.1 Å². The molecule has 0 unspecified atom stereocenters. The van der Waals surface area contributed by atoms with E-state index in [1.165, 1.54) is 0 Å². The van der Waals surface area contributed by atoms with Gasteiger partial charge in [0.2, 0.25) is 0 Å². The number of rotatable bonds is 5. The van der Waals surface area contributed by atoms with Crippen molar-refractivity contribution in [2.45, 2.75) is 26.4 Å². The summed E-state index contributed by atoms with van der Waals surface area (Å²) in [6.45, 7) is 4.12. The van der Waals surface area contributed by atoms with Crippen LogP contribution < -0.4 is 4.74 Å². The normalized spacial score (nSPS) is 13.2. The van der Waals surface area contributed by atoms with E-state index in [0.717, 1.165) is 23.8 Å². The molecule has 3 rings (SSSR count). The molecule has 156 valence electrons. The van der Waals surface area contributed by atoms with Crippen molar-refractivity contribution in [1.29, 1.82) is 0 Å². The van der Waals surface area contributed by atoms with Gasteiger partial charge in [0.1, 0.15) is 17.2 Å². The molecule has 0 saturated carbocycles. The number of aromatic hydroxyl groups is 2. The molecule has 3 N–H and O–H groups in total. The van der Waals surface area contributed by atoms with Gasteiger partial charge in [-0.15, -0.1) is 0 Å². The second-order valence-electron chi connectivity index (χ2n) is 6.71. The topological polar surface area (TPSA) is 121 Å². The van der Waals surface area contributed by atoms with E-state index in [1.807, 2.05) is 19.9 Å². The summed E-state index contributed by atoms with van der Waals surface area (Å²) in [6, 6.07) is 11.2. The highest BCUT2D eigenvalue weighted by Gasteiger charge is 2.33. The summed E-state index contributed by atoms with van der Waals surface area (Å²) in [5.74, 6) is -1.43. The van der Waals surface area contributed by atoms with E-state index in [2.05, 4.69) is 4.74 Å². The Labute approximate surface area is 173 Å². The van der Waals surface area contributed by atoms with Gasteiger partial charge in [-0.05, 0) is 50.6 Å². The number of phenolic OH excluding ortho intramolecular Hbond substituents is 2. The van der Waals surface area contributed by atoms with Crippen molar-refractivity contribution in [2.75, 3.05) is 0 Å². The second kappa shape index (κ2) is 10.2. The molecule has 0 spiro atoms. The summed E-state index contributed by atoms with van der Waals surface area (Å²) in [5.41, 5.74) is 0.419. The molecule has 0 fully saturated rings. The third kappa shape index (κ3) is 5.42. The molecule has 0 heterocycles. The smallest absolute Gasteiger partial charge is 0.298 e. The van der Waals surface area contributed by atoms with Crippen molar-refractivity contribution >= 4 is 18.0 Å². The van der Waals surface area contributed by atoms with Crippen LogP contribution in [-0.2, 0) is 4.79 Å². The van der Waals surface area contributed by atoms with Crippen LogP contribution >= 0.6 is 0 Å². The molecule has 7 heteroatoms.